The van der Waals surface area contributed by atoms with Crippen molar-refractivity contribution in [1.29, 1.82) is 0 Å². The summed E-state index contributed by atoms with van der Waals surface area (Å²) in [6.45, 7) is 17.3. The lowest BCUT2D eigenvalue weighted by atomic mass is 9.66. The Hall–Kier alpha value is -2.48. The van der Waals surface area contributed by atoms with Crippen molar-refractivity contribution in [3.63, 3.8) is 0 Å². The molecule has 1 aliphatic heterocycles. The van der Waals surface area contributed by atoms with Gasteiger partial charge in [0.1, 0.15) is 6.72 Å². The highest BCUT2D eigenvalue weighted by Gasteiger charge is 2.59. The van der Waals surface area contributed by atoms with E-state index in [4.69, 9.17) is 0 Å². The highest BCUT2D eigenvalue weighted by Crippen LogP contribution is 2.49. The summed E-state index contributed by atoms with van der Waals surface area (Å²) in [6, 6.07) is 15.3. The third-order valence-corrected chi connectivity index (χ3v) is 6.01. The molecule has 0 amide bonds. The van der Waals surface area contributed by atoms with Crippen LogP contribution in [0.15, 0.2) is 73.6 Å². The molecule has 0 saturated heterocycles. The molecule has 2 heteroatoms. The van der Waals surface area contributed by atoms with Crippen LogP contribution < -0.4 is 4.57 Å². The number of hydrogen-bond acceptors (Lipinski definition) is 0. The van der Waals surface area contributed by atoms with Crippen LogP contribution in [0.5, 0.6) is 0 Å². The fourth-order valence-corrected chi connectivity index (χ4v) is 4.13. The quantitative estimate of drug-likeness (QED) is 0.423. The molecule has 0 saturated carbocycles. The maximum Gasteiger partial charge on any atom is 0.213 e. The summed E-state index contributed by atoms with van der Waals surface area (Å²) in [5, 5.41) is 0. The van der Waals surface area contributed by atoms with Gasteiger partial charge >= 0.3 is 0 Å². The van der Waals surface area contributed by atoms with Gasteiger partial charge in [0.2, 0.25) is 5.69 Å². The van der Waals surface area contributed by atoms with Crippen molar-refractivity contribution in [2.24, 2.45) is 5.41 Å². The summed E-state index contributed by atoms with van der Waals surface area (Å²) in [5.74, 6) is 0. The van der Waals surface area contributed by atoms with E-state index in [-0.39, 0.29) is 17.0 Å². The Bertz CT molecular complexity index is 814. The minimum Gasteiger partial charge on any atom is -0.202 e. The molecule has 0 bridgehead atoms. The molecule has 2 heterocycles. The maximum atomic E-state index is 4.29. The molecule has 1 aromatic carbocycles. The molecule has 0 aliphatic carbocycles. The van der Waals surface area contributed by atoms with Crippen LogP contribution in [0.1, 0.15) is 39.3 Å². The number of pyridine rings is 1. The summed E-state index contributed by atoms with van der Waals surface area (Å²) in [4.78, 5) is 0. The molecular formula is C23H28N2+2. The minimum atomic E-state index is -0.318. The fraction of sp³-hybridized carbons (Fsp3) is 0.304. The molecule has 128 valence electrons. The minimum absolute atomic E-state index is 0.149. The van der Waals surface area contributed by atoms with E-state index in [0.29, 0.717) is 0 Å². The topological polar surface area (TPSA) is 6.89 Å². The molecule has 2 unspecified atom stereocenters. The molecule has 0 fully saturated rings. The van der Waals surface area contributed by atoms with Crippen LogP contribution in [0.2, 0.25) is 0 Å². The van der Waals surface area contributed by atoms with E-state index in [2.05, 4.69) is 87.3 Å². The molecule has 1 aromatic heterocycles. The summed E-state index contributed by atoms with van der Waals surface area (Å²) < 4.78 is 4.43. The van der Waals surface area contributed by atoms with Crippen LogP contribution in [0, 0.1) is 5.41 Å². The van der Waals surface area contributed by atoms with E-state index >= 15 is 0 Å². The van der Waals surface area contributed by atoms with Crippen LogP contribution >= 0.6 is 0 Å². The largest absolute Gasteiger partial charge is 0.213 e. The summed E-state index contributed by atoms with van der Waals surface area (Å²) >= 11 is 0. The van der Waals surface area contributed by atoms with Gasteiger partial charge in [0.25, 0.3) is 0 Å². The number of benzene rings is 1. The SMILES string of the molecule is C=CC(C)([N+](=C)/C=C\C)C(C)(C)C1c2ccccc2-c2cccc[n+]21. The van der Waals surface area contributed by atoms with E-state index in [1.165, 1.54) is 16.8 Å². The summed E-state index contributed by atoms with van der Waals surface area (Å²) in [7, 11) is 0. The monoisotopic (exact) mass is 332 g/mol. The predicted molar refractivity (Wildman–Crippen MR) is 105 cm³/mol. The second-order valence-corrected chi connectivity index (χ2v) is 7.51. The summed E-state index contributed by atoms with van der Waals surface area (Å²) in [6.07, 6.45) is 8.27. The van der Waals surface area contributed by atoms with Crippen molar-refractivity contribution in [2.75, 3.05) is 0 Å². The van der Waals surface area contributed by atoms with Crippen molar-refractivity contribution in [2.45, 2.75) is 39.3 Å². The van der Waals surface area contributed by atoms with Gasteiger partial charge in [-0.15, -0.1) is 0 Å². The Morgan fingerprint density at radius 1 is 1.08 bits per heavy atom. The van der Waals surface area contributed by atoms with Crippen LogP contribution in [-0.4, -0.2) is 16.8 Å². The molecule has 25 heavy (non-hydrogen) atoms. The lowest BCUT2D eigenvalue weighted by molar-refractivity contribution is -0.722. The van der Waals surface area contributed by atoms with Crippen LogP contribution in [0.25, 0.3) is 11.3 Å². The third kappa shape index (κ3) is 2.39. The van der Waals surface area contributed by atoms with Gasteiger partial charge in [-0.2, -0.15) is 4.57 Å². The van der Waals surface area contributed by atoms with Gasteiger partial charge in [0, 0.05) is 24.6 Å². The zero-order valence-electron chi connectivity index (χ0n) is 15.7. The molecule has 0 spiro atoms. The molecule has 3 rings (SSSR count). The third-order valence-electron chi connectivity index (χ3n) is 6.01. The van der Waals surface area contributed by atoms with Crippen LogP contribution in [-0.2, 0) is 0 Å². The van der Waals surface area contributed by atoms with Crippen molar-refractivity contribution in [3.8, 4) is 11.3 Å². The van der Waals surface area contributed by atoms with Crippen molar-refractivity contribution < 1.29 is 9.14 Å². The highest BCUT2D eigenvalue weighted by atomic mass is 15.1. The Balaban J connectivity index is 2.24. The van der Waals surface area contributed by atoms with Gasteiger partial charge in [-0.1, -0.05) is 24.8 Å². The van der Waals surface area contributed by atoms with Gasteiger partial charge in [-0.25, -0.2) is 4.58 Å². The lowest BCUT2D eigenvalue weighted by Crippen LogP contribution is -2.57. The zero-order valence-corrected chi connectivity index (χ0v) is 15.7. The Morgan fingerprint density at radius 2 is 1.76 bits per heavy atom. The second-order valence-electron chi connectivity index (χ2n) is 7.51. The number of rotatable bonds is 5. The maximum absolute atomic E-state index is 4.29. The lowest BCUT2D eigenvalue weighted by Gasteiger charge is -2.39. The fourth-order valence-electron chi connectivity index (χ4n) is 4.13. The average Bonchev–Trinajstić information content (AvgIpc) is 2.96. The van der Waals surface area contributed by atoms with Crippen molar-refractivity contribution in [3.05, 3.63) is 79.2 Å². The van der Waals surface area contributed by atoms with E-state index in [1.807, 2.05) is 29.9 Å². The van der Waals surface area contributed by atoms with Gasteiger partial charge in [-0.3, -0.25) is 0 Å². The van der Waals surface area contributed by atoms with E-state index < -0.39 is 0 Å². The predicted octanol–water partition coefficient (Wildman–Crippen LogP) is 4.76. The normalized spacial score (nSPS) is 18.5. The highest BCUT2D eigenvalue weighted by molar-refractivity contribution is 5.64. The van der Waals surface area contributed by atoms with E-state index in [1.54, 1.807) is 0 Å². The van der Waals surface area contributed by atoms with Crippen molar-refractivity contribution >= 4 is 6.72 Å². The first-order valence-corrected chi connectivity index (χ1v) is 8.84. The first-order valence-electron chi connectivity index (χ1n) is 8.84. The molecule has 0 radical (unpaired) electrons. The summed E-state index contributed by atoms with van der Waals surface area (Å²) in [5.41, 5.74) is 3.48. The number of hydrogen-bond donors (Lipinski definition) is 0. The molecule has 2 atom stereocenters. The zero-order chi connectivity index (χ0) is 18.2. The van der Waals surface area contributed by atoms with Crippen LogP contribution in [0.3, 0.4) is 0 Å². The first kappa shape index (κ1) is 17.3. The number of aromatic nitrogens is 1. The Kier molecular flexibility index (Phi) is 4.24. The van der Waals surface area contributed by atoms with E-state index in [0.717, 1.165) is 0 Å². The smallest absolute Gasteiger partial charge is 0.202 e. The van der Waals surface area contributed by atoms with Gasteiger partial charge in [0.15, 0.2) is 24.0 Å². The van der Waals surface area contributed by atoms with Crippen molar-refractivity contribution in [1.82, 2.24) is 0 Å². The first-order chi connectivity index (χ1) is 11.9. The molecular weight excluding hydrogens is 304 g/mol. The van der Waals surface area contributed by atoms with Crippen LogP contribution in [0.4, 0.5) is 0 Å². The average molecular weight is 332 g/mol. The number of fused-ring (bicyclic) bond motifs is 3. The molecule has 1 aliphatic rings. The van der Waals surface area contributed by atoms with Gasteiger partial charge in [0.05, 0.1) is 11.0 Å². The molecule has 2 nitrogen and oxygen atoms in total. The van der Waals surface area contributed by atoms with Gasteiger partial charge in [-0.05, 0) is 45.1 Å². The molecule has 2 aromatic rings. The van der Waals surface area contributed by atoms with E-state index in [9.17, 15) is 0 Å². The Morgan fingerprint density at radius 3 is 2.44 bits per heavy atom. The second kappa shape index (κ2) is 6.11. The van der Waals surface area contributed by atoms with Gasteiger partial charge < -0.3 is 0 Å². The molecule has 0 N–H and O–H groups in total. The number of allylic oxidation sites excluding steroid dienone is 1. The standard InChI is InChI=1S/C23H28N2/c1-7-16-24(6)23(5,8-2)22(3,4)21-19-14-10-9-13-18(19)20-15-11-12-17-25(20)21/h7-17,21H,2,6H2,1,3-5H3/q+2/b16-7-. The Labute approximate surface area is 151 Å². The number of nitrogens with zero attached hydrogens (tertiary/aromatic N) is 2.